The van der Waals surface area contributed by atoms with Crippen molar-refractivity contribution in [3.8, 4) is 0 Å². The van der Waals surface area contributed by atoms with E-state index in [-0.39, 0.29) is 12.4 Å². The maximum Gasteiger partial charge on any atom is 0.323 e. The predicted octanol–water partition coefficient (Wildman–Crippen LogP) is 3.23. The van der Waals surface area contributed by atoms with Crippen LogP contribution in [0.5, 0.6) is 0 Å². The maximum atomic E-state index is 12.9. The van der Waals surface area contributed by atoms with Gasteiger partial charge >= 0.3 is 5.97 Å². The normalized spacial score (nSPS) is 14.8. The molecule has 0 saturated carbocycles. The molecule has 0 aliphatic carbocycles. The molecule has 2 rings (SSSR count). The van der Waals surface area contributed by atoms with E-state index in [0.717, 1.165) is 11.1 Å². The molecular formula is C15H15FN2O2S. The van der Waals surface area contributed by atoms with Gasteiger partial charge in [-0.1, -0.05) is 30.5 Å². The second-order valence-electron chi connectivity index (χ2n) is 4.59. The largest absolute Gasteiger partial charge is 0.480 e. The summed E-state index contributed by atoms with van der Waals surface area (Å²) >= 11 is 1.40. The van der Waals surface area contributed by atoms with Gasteiger partial charge in [0.1, 0.15) is 12.4 Å². The molecule has 0 aromatic heterocycles. The van der Waals surface area contributed by atoms with E-state index in [1.807, 2.05) is 6.92 Å². The first-order valence-electron chi connectivity index (χ1n) is 6.28. The first kappa shape index (κ1) is 15.3. The van der Waals surface area contributed by atoms with Gasteiger partial charge in [0.25, 0.3) is 0 Å². The number of hydrogen-bond donors (Lipinski definition) is 1. The summed E-state index contributed by atoms with van der Waals surface area (Å²) in [7, 11) is 0. The zero-order valence-corrected chi connectivity index (χ0v) is 12.4. The zero-order valence-electron chi connectivity index (χ0n) is 11.5. The Kier molecular flexibility index (Phi) is 4.80. The summed E-state index contributed by atoms with van der Waals surface area (Å²) in [4.78, 5) is 16.8. The monoisotopic (exact) mass is 306 g/mol. The summed E-state index contributed by atoms with van der Waals surface area (Å²) in [6.07, 6.45) is 1.73. The first-order chi connectivity index (χ1) is 9.95. The van der Waals surface area contributed by atoms with Crippen molar-refractivity contribution in [2.45, 2.75) is 12.7 Å². The lowest BCUT2D eigenvalue weighted by Gasteiger charge is -2.25. The van der Waals surface area contributed by atoms with Crippen molar-refractivity contribution in [2.75, 3.05) is 6.54 Å². The van der Waals surface area contributed by atoms with Crippen molar-refractivity contribution in [1.29, 1.82) is 0 Å². The molecule has 1 N–H and O–H groups in total. The van der Waals surface area contributed by atoms with Gasteiger partial charge in [0.05, 0.1) is 5.70 Å². The lowest BCUT2D eigenvalue weighted by Crippen LogP contribution is -2.31. The summed E-state index contributed by atoms with van der Waals surface area (Å²) in [6, 6.07) is 6.19. The van der Waals surface area contributed by atoms with Crippen LogP contribution in [0.4, 0.5) is 4.39 Å². The average Bonchev–Trinajstić information content (AvgIpc) is 2.42. The zero-order chi connectivity index (χ0) is 15.4. The SMILES string of the molecule is C=C1N=C(SCc2ccc(F)cc2)N(CC(=O)O)C=C1C. The van der Waals surface area contributed by atoms with Gasteiger partial charge in [-0.2, -0.15) is 0 Å². The minimum atomic E-state index is -0.929. The third-order valence-corrected chi connectivity index (χ3v) is 3.93. The summed E-state index contributed by atoms with van der Waals surface area (Å²) in [6.45, 7) is 5.52. The molecule has 1 heterocycles. The van der Waals surface area contributed by atoms with Gasteiger partial charge in [-0.05, 0) is 30.2 Å². The molecular weight excluding hydrogens is 291 g/mol. The Morgan fingerprint density at radius 1 is 1.43 bits per heavy atom. The third kappa shape index (κ3) is 4.19. The Bertz CT molecular complexity index is 623. The quantitative estimate of drug-likeness (QED) is 0.928. The fourth-order valence-electron chi connectivity index (χ4n) is 1.73. The number of aliphatic carboxylic acids is 1. The predicted molar refractivity (Wildman–Crippen MR) is 82.4 cm³/mol. The van der Waals surface area contributed by atoms with Crippen molar-refractivity contribution in [1.82, 2.24) is 4.90 Å². The molecule has 21 heavy (non-hydrogen) atoms. The first-order valence-corrected chi connectivity index (χ1v) is 7.26. The van der Waals surface area contributed by atoms with Crippen LogP contribution >= 0.6 is 11.8 Å². The van der Waals surface area contributed by atoms with Gasteiger partial charge in [-0.15, -0.1) is 0 Å². The van der Waals surface area contributed by atoms with Crippen LogP contribution in [0.25, 0.3) is 0 Å². The van der Waals surface area contributed by atoms with E-state index in [1.54, 1.807) is 23.2 Å². The van der Waals surface area contributed by atoms with Gasteiger partial charge in [0, 0.05) is 12.0 Å². The fraction of sp³-hybridized carbons (Fsp3) is 0.200. The van der Waals surface area contributed by atoms with Gasteiger partial charge in [-0.25, -0.2) is 9.38 Å². The van der Waals surface area contributed by atoms with Crippen LogP contribution < -0.4 is 0 Å². The number of allylic oxidation sites excluding steroid dienone is 1. The van der Waals surface area contributed by atoms with Crippen molar-refractivity contribution >= 4 is 22.9 Å². The Hall–Kier alpha value is -2.08. The molecule has 0 bridgehead atoms. The van der Waals surface area contributed by atoms with Crippen LogP contribution in [0, 0.1) is 5.82 Å². The highest BCUT2D eigenvalue weighted by atomic mass is 32.2. The highest BCUT2D eigenvalue weighted by Crippen LogP contribution is 2.24. The number of carboxylic acid groups (broad SMARTS) is 1. The molecule has 0 atom stereocenters. The van der Waals surface area contributed by atoms with E-state index >= 15 is 0 Å². The van der Waals surface area contributed by atoms with Crippen LogP contribution in [-0.2, 0) is 10.5 Å². The fourth-order valence-corrected chi connectivity index (χ4v) is 2.68. The smallest absolute Gasteiger partial charge is 0.323 e. The second kappa shape index (κ2) is 6.58. The molecule has 4 nitrogen and oxygen atoms in total. The number of aliphatic imine (C=N–C) groups is 1. The van der Waals surface area contributed by atoms with E-state index in [9.17, 15) is 9.18 Å². The lowest BCUT2D eigenvalue weighted by molar-refractivity contribution is -0.136. The molecule has 1 aromatic rings. The van der Waals surface area contributed by atoms with Gasteiger partial charge in [0.2, 0.25) is 0 Å². The minimum absolute atomic E-state index is 0.153. The number of halogens is 1. The van der Waals surface area contributed by atoms with Crippen molar-refractivity contribution < 1.29 is 14.3 Å². The molecule has 0 spiro atoms. The molecule has 6 heteroatoms. The second-order valence-corrected chi connectivity index (χ2v) is 5.53. The molecule has 1 aliphatic rings. The van der Waals surface area contributed by atoms with E-state index in [1.165, 1.54) is 23.9 Å². The molecule has 0 fully saturated rings. The van der Waals surface area contributed by atoms with E-state index < -0.39 is 5.97 Å². The molecule has 0 unspecified atom stereocenters. The number of carbonyl (C=O) groups is 1. The topological polar surface area (TPSA) is 52.9 Å². The molecule has 1 aliphatic heterocycles. The van der Waals surface area contributed by atoms with Crippen molar-refractivity contribution in [2.24, 2.45) is 4.99 Å². The third-order valence-electron chi connectivity index (χ3n) is 2.87. The number of hydrogen-bond acceptors (Lipinski definition) is 4. The van der Waals surface area contributed by atoms with Crippen LogP contribution in [0.1, 0.15) is 12.5 Å². The van der Waals surface area contributed by atoms with Crippen molar-refractivity contribution in [3.05, 3.63) is 59.7 Å². The van der Waals surface area contributed by atoms with Crippen molar-refractivity contribution in [3.63, 3.8) is 0 Å². The summed E-state index contributed by atoms with van der Waals surface area (Å²) in [5, 5.41) is 9.53. The molecule has 0 saturated heterocycles. The van der Waals surface area contributed by atoms with Crippen LogP contribution in [-0.4, -0.2) is 27.7 Å². The summed E-state index contributed by atoms with van der Waals surface area (Å²) in [5.74, 6) is -0.630. The van der Waals surface area contributed by atoms with Gasteiger partial charge < -0.3 is 10.0 Å². The number of thioether (sulfide) groups is 1. The van der Waals surface area contributed by atoms with Gasteiger partial charge in [-0.3, -0.25) is 4.79 Å². The number of benzene rings is 1. The summed E-state index contributed by atoms with van der Waals surface area (Å²) in [5.41, 5.74) is 2.40. The highest BCUT2D eigenvalue weighted by molar-refractivity contribution is 8.13. The minimum Gasteiger partial charge on any atom is -0.480 e. The molecule has 0 amide bonds. The Labute approximate surface area is 126 Å². The van der Waals surface area contributed by atoms with E-state index in [0.29, 0.717) is 16.6 Å². The van der Waals surface area contributed by atoms with Crippen LogP contribution in [0.3, 0.4) is 0 Å². The van der Waals surface area contributed by atoms with Crippen LogP contribution in [0.15, 0.2) is 53.3 Å². The summed E-state index contributed by atoms with van der Waals surface area (Å²) < 4.78 is 12.9. The Morgan fingerprint density at radius 2 is 2.10 bits per heavy atom. The lowest BCUT2D eigenvalue weighted by atomic mass is 10.2. The standard InChI is InChI=1S/C15H15FN2O2S/c1-10-7-18(8-14(19)20)15(17-11(10)2)21-9-12-3-5-13(16)6-4-12/h3-7H,2,8-9H2,1H3,(H,19,20). The van der Waals surface area contributed by atoms with E-state index in [2.05, 4.69) is 11.6 Å². The number of rotatable bonds is 4. The number of nitrogens with zero attached hydrogens (tertiary/aromatic N) is 2. The van der Waals surface area contributed by atoms with E-state index in [4.69, 9.17) is 5.11 Å². The molecule has 110 valence electrons. The Morgan fingerprint density at radius 3 is 2.71 bits per heavy atom. The van der Waals surface area contributed by atoms with Gasteiger partial charge in [0.15, 0.2) is 5.17 Å². The number of carboxylic acids is 1. The average molecular weight is 306 g/mol. The molecule has 1 aromatic carbocycles. The van der Waals surface area contributed by atoms with Crippen LogP contribution in [0.2, 0.25) is 0 Å². The highest BCUT2D eigenvalue weighted by Gasteiger charge is 2.19. The Balaban J connectivity index is 2.08. The molecule has 0 radical (unpaired) electrons. The maximum absolute atomic E-state index is 12.9. The number of amidine groups is 1.